The minimum atomic E-state index is -0.331. The molecule has 0 aliphatic rings. The molecular formula is C26H23FN2O2S. The second kappa shape index (κ2) is 9.83. The number of carbonyl (C=O) groups excluding carboxylic acids is 1. The van der Waals surface area contributed by atoms with Gasteiger partial charge in [-0.15, -0.1) is 0 Å². The maximum absolute atomic E-state index is 13.4. The van der Waals surface area contributed by atoms with E-state index in [-0.39, 0.29) is 17.5 Å². The highest BCUT2D eigenvalue weighted by atomic mass is 32.2. The van der Waals surface area contributed by atoms with Gasteiger partial charge in [-0.25, -0.2) is 9.37 Å². The highest BCUT2D eigenvalue weighted by Gasteiger charge is 2.18. The van der Waals surface area contributed by atoms with Crippen molar-refractivity contribution in [3.63, 3.8) is 0 Å². The van der Waals surface area contributed by atoms with Crippen LogP contribution in [0.5, 0.6) is 5.75 Å². The van der Waals surface area contributed by atoms with Gasteiger partial charge in [0.1, 0.15) is 16.6 Å². The number of hydrogen-bond donors (Lipinski definition) is 0. The summed E-state index contributed by atoms with van der Waals surface area (Å²) in [4.78, 5) is 19.7. The Bertz CT molecular complexity index is 1230. The van der Waals surface area contributed by atoms with Gasteiger partial charge in [-0.1, -0.05) is 42.1 Å². The summed E-state index contributed by atoms with van der Waals surface area (Å²) in [6, 6.07) is 23.6. The van der Waals surface area contributed by atoms with Crippen molar-refractivity contribution in [2.75, 3.05) is 17.8 Å². The summed E-state index contributed by atoms with van der Waals surface area (Å²) in [5.74, 6) is 0.606. The van der Waals surface area contributed by atoms with Gasteiger partial charge in [0.2, 0.25) is 5.91 Å². The minimum absolute atomic E-state index is 0.0681. The van der Waals surface area contributed by atoms with Crippen LogP contribution in [0.4, 0.5) is 10.1 Å². The number of rotatable bonds is 7. The molecule has 4 nitrogen and oxygen atoms in total. The van der Waals surface area contributed by atoms with Gasteiger partial charge in [0.05, 0.1) is 24.9 Å². The Balaban J connectivity index is 1.55. The Hall–Kier alpha value is -3.38. The molecule has 0 saturated carbocycles. The van der Waals surface area contributed by atoms with Crippen LogP contribution in [-0.4, -0.2) is 23.8 Å². The number of aromatic nitrogens is 1. The van der Waals surface area contributed by atoms with Crippen LogP contribution in [0.15, 0.2) is 83.9 Å². The summed E-state index contributed by atoms with van der Waals surface area (Å²) in [7, 11) is 1.64. The van der Waals surface area contributed by atoms with E-state index in [1.807, 2.05) is 55.5 Å². The van der Waals surface area contributed by atoms with E-state index in [1.165, 1.54) is 23.9 Å². The van der Waals surface area contributed by atoms with E-state index in [2.05, 4.69) is 6.07 Å². The lowest BCUT2D eigenvalue weighted by Crippen LogP contribution is -2.32. The fourth-order valence-corrected chi connectivity index (χ4v) is 4.30. The van der Waals surface area contributed by atoms with Crippen LogP contribution in [-0.2, 0) is 11.3 Å². The molecule has 0 aliphatic heterocycles. The molecule has 0 saturated heterocycles. The van der Waals surface area contributed by atoms with Crippen LogP contribution in [0, 0.1) is 12.7 Å². The number of aryl methyl sites for hydroxylation is 1. The predicted octanol–water partition coefficient (Wildman–Crippen LogP) is 6.02. The number of carbonyl (C=O) groups is 1. The molecule has 6 heteroatoms. The second-order valence-electron chi connectivity index (χ2n) is 7.40. The van der Waals surface area contributed by atoms with Crippen LogP contribution in [0.3, 0.4) is 0 Å². The summed E-state index contributed by atoms with van der Waals surface area (Å²) in [5, 5.41) is 1.81. The first-order valence-corrected chi connectivity index (χ1v) is 11.2. The topological polar surface area (TPSA) is 42.4 Å². The van der Waals surface area contributed by atoms with Crippen LogP contribution < -0.4 is 9.64 Å². The Morgan fingerprint density at radius 2 is 1.78 bits per heavy atom. The van der Waals surface area contributed by atoms with Crippen LogP contribution in [0.2, 0.25) is 0 Å². The molecule has 32 heavy (non-hydrogen) atoms. The smallest absolute Gasteiger partial charge is 0.237 e. The van der Waals surface area contributed by atoms with E-state index in [0.717, 1.165) is 32.8 Å². The number of amides is 1. The summed E-state index contributed by atoms with van der Waals surface area (Å²) in [5.41, 5.74) is 3.52. The maximum Gasteiger partial charge on any atom is 0.237 e. The van der Waals surface area contributed by atoms with Crippen molar-refractivity contribution in [2.45, 2.75) is 18.5 Å². The lowest BCUT2D eigenvalue weighted by atomic mass is 10.1. The Labute approximate surface area is 191 Å². The summed E-state index contributed by atoms with van der Waals surface area (Å²) in [6.45, 7) is 2.40. The Kier molecular flexibility index (Phi) is 6.71. The van der Waals surface area contributed by atoms with Crippen LogP contribution in [0.25, 0.3) is 10.9 Å². The van der Waals surface area contributed by atoms with Crippen molar-refractivity contribution in [1.29, 1.82) is 0 Å². The van der Waals surface area contributed by atoms with E-state index in [4.69, 9.17) is 9.72 Å². The molecule has 0 radical (unpaired) electrons. The quantitative estimate of drug-likeness (QED) is 0.326. The Morgan fingerprint density at radius 3 is 2.50 bits per heavy atom. The third kappa shape index (κ3) is 5.08. The van der Waals surface area contributed by atoms with Gasteiger partial charge in [0.15, 0.2) is 0 Å². The average molecular weight is 447 g/mol. The number of anilines is 1. The van der Waals surface area contributed by atoms with Gasteiger partial charge in [-0.05, 0) is 66.6 Å². The van der Waals surface area contributed by atoms with Gasteiger partial charge in [0, 0.05) is 11.1 Å². The summed E-state index contributed by atoms with van der Waals surface area (Å²) < 4.78 is 18.7. The third-order valence-corrected chi connectivity index (χ3v) is 6.20. The molecule has 162 valence electrons. The number of methoxy groups -OCH3 is 1. The zero-order chi connectivity index (χ0) is 22.5. The first kappa shape index (κ1) is 21.8. The molecular weight excluding hydrogens is 423 g/mol. The second-order valence-corrected chi connectivity index (χ2v) is 8.36. The number of halogens is 1. The number of nitrogens with zero attached hydrogens (tertiary/aromatic N) is 2. The summed E-state index contributed by atoms with van der Waals surface area (Å²) in [6.07, 6.45) is 0. The molecule has 0 fully saturated rings. The lowest BCUT2D eigenvalue weighted by molar-refractivity contribution is -0.116. The zero-order valence-electron chi connectivity index (χ0n) is 17.9. The molecule has 4 aromatic rings. The van der Waals surface area contributed by atoms with Crippen LogP contribution in [0.1, 0.15) is 11.1 Å². The molecule has 1 aromatic heterocycles. The number of hydrogen-bond acceptors (Lipinski definition) is 4. The molecule has 0 N–H and O–H groups in total. The van der Waals surface area contributed by atoms with Crippen molar-refractivity contribution < 1.29 is 13.9 Å². The first-order valence-electron chi connectivity index (χ1n) is 10.2. The highest BCUT2D eigenvalue weighted by molar-refractivity contribution is 8.00. The first-order chi connectivity index (χ1) is 15.5. The summed E-state index contributed by atoms with van der Waals surface area (Å²) >= 11 is 1.41. The fourth-order valence-electron chi connectivity index (χ4n) is 3.43. The monoisotopic (exact) mass is 446 g/mol. The van der Waals surface area contributed by atoms with Gasteiger partial charge >= 0.3 is 0 Å². The molecule has 1 amide bonds. The van der Waals surface area contributed by atoms with Gasteiger partial charge in [-0.3, -0.25) is 4.79 Å². The number of fused-ring (bicyclic) bond motifs is 1. The Morgan fingerprint density at radius 1 is 1.03 bits per heavy atom. The van der Waals surface area contributed by atoms with Crippen molar-refractivity contribution in [3.05, 3.63) is 95.8 Å². The van der Waals surface area contributed by atoms with E-state index in [9.17, 15) is 9.18 Å². The van der Waals surface area contributed by atoms with Gasteiger partial charge in [0.25, 0.3) is 0 Å². The molecule has 0 spiro atoms. The fraction of sp³-hybridized carbons (Fsp3) is 0.154. The standard InChI is InChI=1S/C26H23FN2O2S/c1-18-14-20-15-23(31-2)12-13-24(20)28-26(18)32-17-25(30)29(16-19-6-4-3-5-7-19)22-10-8-21(27)9-11-22/h3-15H,16-17H2,1-2H3. The number of ether oxygens (including phenoxy) is 1. The minimum Gasteiger partial charge on any atom is -0.497 e. The van der Waals surface area contributed by atoms with E-state index < -0.39 is 0 Å². The number of pyridine rings is 1. The highest BCUT2D eigenvalue weighted by Crippen LogP contribution is 2.28. The number of thioether (sulfide) groups is 1. The molecule has 0 aliphatic carbocycles. The largest absolute Gasteiger partial charge is 0.497 e. The van der Waals surface area contributed by atoms with E-state index >= 15 is 0 Å². The van der Waals surface area contributed by atoms with Gasteiger partial charge in [-0.2, -0.15) is 0 Å². The maximum atomic E-state index is 13.4. The van der Waals surface area contributed by atoms with Crippen LogP contribution >= 0.6 is 11.8 Å². The average Bonchev–Trinajstić information content (AvgIpc) is 2.82. The van der Waals surface area contributed by atoms with Crippen molar-refractivity contribution in [2.24, 2.45) is 0 Å². The SMILES string of the molecule is COc1ccc2nc(SCC(=O)N(Cc3ccccc3)c3ccc(F)cc3)c(C)cc2c1. The molecule has 1 heterocycles. The van der Waals surface area contributed by atoms with Crippen molar-refractivity contribution in [1.82, 2.24) is 4.98 Å². The zero-order valence-corrected chi connectivity index (χ0v) is 18.7. The molecule has 0 atom stereocenters. The third-order valence-electron chi connectivity index (χ3n) is 5.12. The van der Waals surface area contributed by atoms with Crippen molar-refractivity contribution in [3.8, 4) is 5.75 Å². The van der Waals surface area contributed by atoms with E-state index in [1.54, 1.807) is 24.1 Å². The number of benzene rings is 3. The molecule has 0 bridgehead atoms. The molecule has 0 unspecified atom stereocenters. The molecule has 3 aromatic carbocycles. The predicted molar refractivity (Wildman–Crippen MR) is 128 cm³/mol. The van der Waals surface area contributed by atoms with E-state index in [0.29, 0.717) is 12.2 Å². The normalized spacial score (nSPS) is 10.8. The lowest BCUT2D eigenvalue weighted by Gasteiger charge is -2.23. The molecule has 4 rings (SSSR count). The van der Waals surface area contributed by atoms with Crippen molar-refractivity contribution >= 4 is 34.3 Å². The van der Waals surface area contributed by atoms with Gasteiger partial charge < -0.3 is 9.64 Å².